The lowest BCUT2D eigenvalue weighted by molar-refractivity contribution is -0.0505. The Balaban J connectivity index is 0.00000480. The molecule has 1 aromatic carbocycles. The molecule has 0 bridgehead atoms. The van der Waals surface area contributed by atoms with Gasteiger partial charge in [0.05, 0.1) is 19.8 Å². The van der Waals surface area contributed by atoms with Gasteiger partial charge in [-0.15, -0.1) is 24.0 Å². The fraction of sp³-hybridized carbons (Fsp3) is 0.667. The number of rotatable bonds is 10. The molecule has 1 aliphatic rings. The summed E-state index contributed by atoms with van der Waals surface area (Å²) in [5.74, 6) is 1.20. The minimum atomic E-state index is -2.90. The van der Waals surface area contributed by atoms with Gasteiger partial charge < -0.3 is 24.8 Å². The Labute approximate surface area is 200 Å². The average molecular weight is 556 g/mol. The number of benzene rings is 1. The van der Waals surface area contributed by atoms with E-state index in [4.69, 9.17) is 9.47 Å². The van der Waals surface area contributed by atoms with E-state index in [0.29, 0.717) is 42.5 Å². The normalized spacial score (nSPS) is 18.3. The van der Waals surface area contributed by atoms with Crippen molar-refractivity contribution in [1.82, 2.24) is 15.5 Å². The molecule has 7 nitrogen and oxygen atoms in total. The molecular formula is C21H35F2IN4O3. The van der Waals surface area contributed by atoms with Crippen molar-refractivity contribution in [2.24, 2.45) is 4.99 Å². The van der Waals surface area contributed by atoms with Crippen molar-refractivity contribution < 1.29 is 23.0 Å². The third-order valence-corrected chi connectivity index (χ3v) is 4.95. The summed E-state index contributed by atoms with van der Waals surface area (Å²) in [6.45, 7) is 7.28. The molecule has 0 aromatic heterocycles. The Morgan fingerprint density at radius 2 is 2.13 bits per heavy atom. The van der Waals surface area contributed by atoms with E-state index in [9.17, 15) is 8.78 Å². The third kappa shape index (κ3) is 9.32. The Kier molecular flexibility index (Phi) is 13.0. The number of ether oxygens (including phenoxy) is 3. The molecule has 10 heteroatoms. The van der Waals surface area contributed by atoms with Crippen LogP contribution in [-0.2, 0) is 11.3 Å². The molecule has 2 atom stereocenters. The molecule has 1 aromatic rings. The fourth-order valence-corrected chi connectivity index (χ4v) is 3.35. The molecule has 2 rings (SSSR count). The Morgan fingerprint density at radius 1 is 1.35 bits per heavy atom. The largest absolute Gasteiger partial charge is 0.493 e. The van der Waals surface area contributed by atoms with Crippen molar-refractivity contribution in [1.29, 1.82) is 0 Å². The van der Waals surface area contributed by atoms with Gasteiger partial charge in [-0.05, 0) is 32.4 Å². The van der Waals surface area contributed by atoms with E-state index < -0.39 is 6.61 Å². The molecule has 0 radical (unpaired) electrons. The second-order valence-corrected chi connectivity index (χ2v) is 7.31. The number of halogens is 3. The molecule has 1 saturated heterocycles. The molecule has 0 aliphatic carbocycles. The van der Waals surface area contributed by atoms with Gasteiger partial charge in [0.15, 0.2) is 5.96 Å². The van der Waals surface area contributed by atoms with E-state index in [0.717, 1.165) is 26.2 Å². The minimum Gasteiger partial charge on any atom is -0.493 e. The standard InChI is InChI=1S/C21H34F2N4O3.HI/c1-5-9-29-18-7-6-17(19(11-18)30-20(22)23)13-26-21(24-4)25-12-15(2)27-8-10-28-14-16(27)3;/h6-7,11,15-16,20H,5,8-10,12-14H2,1-4H3,(H2,24,25,26);1H. The summed E-state index contributed by atoms with van der Waals surface area (Å²) < 4.78 is 41.4. The van der Waals surface area contributed by atoms with E-state index >= 15 is 0 Å². The number of alkyl halides is 2. The highest BCUT2D eigenvalue weighted by Gasteiger charge is 2.23. The first-order valence-electron chi connectivity index (χ1n) is 10.4. The first-order valence-corrected chi connectivity index (χ1v) is 10.4. The first kappa shape index (κ1) is 27.6. The molecule has 178 valence electrons. The van der Waals surface area contributed by atoms with Crippen LogP contribution in [0, 0.1) is 0 Å². The highest BCUT2D eigenvalue weighted by atomic mass is 127. The van der Waals surface area contributed by atoms with E-state index in [1.54, 1.807) is 19.2 Å². The van der Waals surface area contributed by atoms with Crippen molar-refractivity contribution in [2.45, 2.75) is 52.4 Å². The lowest BCUT2D eigenvalue weighted by Gasteiger charge is -2.38. The minimum absolute atomic E-state index is 0. The smallest absolute Gasteiger partial charge is 0.387 e. The Hall–Kier alpha value is -1.40. The molecule has 0 saturated carbocycles. The van der Waals surface area contributed by atoms with Gasteiger partial charge >= 0.3 is 6.61 Å². The highest BCUT2D eigenvalue weighted by Crippen LogP contribution is 2.26. The van der Waals surface area contributed by atoms with Crippen LogP contribution in [0.3, 0.4) is 0 Å². The first-order chi connectivity index (χ1) is 14.4. The zero-order chi connectivity index (χ0) is 21.9. The molecular weight excluding hydrogens is 521 g/mol. The molecule has 1 fully saturated rings. The lowest BCUT2D eigenvalue weighted by atomic mass is 10.2. The van der Waals surface area contributed by atoms with Crippen LogP contribution in [0.25, 0.3) is 0 Å². The van der Waals surface area contributed by atoms with Crippen LogP contribution < -0.4 is 20.1 Å². The van der Waals surface area contributed by atoms with Crippen molar-refractivity contribution in [3.8, 4) is 11.5 Å². The monoisotopic (exact) mass is 556 g/mol. The van der Waals surface area contributed by atoms with Gasteiger partial charge in [0.2, 0.25) is 0 Å². The molecule has 2 unspecified atom stereocenters. The maximum atomic E-state index is 12.8. The summed E-state index contributed by atoms with van der Waals surface area (Å²) >= 11 is 0. The van der Waals surface area contributed by atoms with Gasteiger partial charge in [0, 0.05) is 50.4 Å². The van der Waals surface area contributed by atoms with Crippen LogP contribution in [0.2, 0.25) is 0 Å². The SMILES string of the molecule is CCCOc1ccc(CNC(=NC)NCC(C)N2CCOCC2C)c(OC(F)F)c1.I. The molecule has 1 aliphatic heterocycles. The third-order valence-electron chi connectivity index (χ3n) is 4.95. The number of nitrogens with zero attached hydrogens (tertiary/aromatic N) is 2. The fourth-order valence-electron chi connectivity index (χ4n) is 3.35. The van der Waals surface area contributed by atoms with Crippen LogP contribution >= 0.6 is 24.0 Å². The zero-order valence-electron chi connectivity index (χ0n) is 18.7. The zero-order valence-corrected chi connectivity index (χ0v) is 21.0. The number of hydrogen-bond donors (Lipinski definition) is 2. The number of morpholine rings is 1. The maximum Gasteiger partial charge on any atom is 0.387 e. The molecule has 0 spiro atoms. The molecule has 2 N–H and O–H groups in total. The van der Waals surface area contributed by atoms with Crippen molar-refractivity contribution in [3.05, 3.63) is 23.8 Å². The summed E-state index contributed by atoms with van der Waals surface area (Å²) in [7, 11) is 1.68. The summed E-state index contributed by atoms with van der Waals surface area (Å²) in [5.41, 5.74) is 0.594. The van der Waals surface area contributed by atoms with Gasteiger partial charge in [-0.3, -0.25) is 9.89 Å². The van der Waals surface area contributed by atoms with Crippen LogP contribution in [0.1, 0.15) is 32.8 Å². The Morgan fingerprint density at radius 3 is 2.77 bits per heavy atom. The maximum absolute atomic E-state index is 12.8. The van der Waals surface area contributed by atoms with E-state index in [1.807, 2.05) is 6.92 Å². The van der Waals surface area contributed by atoms with Crippen LogP contribution in [0.5, 0.6) is 11.5 Å². The number of aliphatic imine (C=N–C) groups is 1. The quantitative estimate of drug-likeness (QED) is 0.262. The second-order valence-electron chi connectivity index (χ2n) is 7.31. The van der Waals surface area contributed by atoms with E-state index in [-0.39, 0.29) is 36.3 Å². The topological polar surface area (TPSA) is 67.4 Å². The van der Waals surface area contributed by atoms with Crippen molar-refractivity contribution in [2.75, 3.05) is 40.0 Å². The number of nitrogens with one attached hydrogen (secondary N) is 2. The average Bonchev–Trinajstić information content (AvgIpc) is 2.73. The lowest BCUT2D eigenvalue weighted by Crippen LogP contribution is -2.52. The van der Waals surface area contributed by atoms with Gasteiger partial charge in [-0.1, -0.05) is 6.92 Å². The molecule has 0 amide bonds. The van der Waals surface area contributed by atoms with Gasteiger partial charge in [-0.25, -0.2) is 0 Å². The summed E-state index contributed by atoms with van der Waals surface area (Å²) in [6, 6.07) is 5.64. The van der Waals surface area contributed by atoms with Crippen LogP contribution in [-0.4, -0.2) is 69.5 Å². The number of hydrogen-bond acceptors (Lipinski definition) is 5. The highest BCUT2D eigenvalue weighted by molar-refractivity contribution is 14.0. The molecule has 31 heavy (non-hydrogen) atoms. The van der Waals surface area contributed by atoms with Crippen molar-refractivity contribution >= 4 is 29.9 Å². The van der Waals surface area contributed by atoms with Crippen LogP contribution in [0.15, 0.2) is 23.2 Å². The molecule has 1 heterocycles. The van der Waals surface area contributed by atoms with Crippen molar-refractivity contribution in [3.63, 3.8) is 0 Å². The predicted molar refractivity (Wildman–Crippen MR) is 129 cm³/mol. The summed E-state index contributed by atoms with van der Waals surface area (Å²) in [4.78, 5) is 6.62. The second kappa shape index (κ2) is 14.6. The van der Waals surface area contributed by atoms with Gasteiger partial charge in [-0.2, -0.15) is 8.78 Å². The Bertz CT molecular complexity index is 682. The van der Waals surface area contributed by atoms with E-state index in [1.165, 1.54) is 6.07 Å². The summed E-state index contributed by atoms with van der Waals surface area (Å²) in [6.07, 6.45) is 0.831. The van der Waals surface area contributed by atoms with Crippen LogP contribution in [0.4, 0.5) is 8.78 Å². The van der Waals surface area contributed by atoms with E-state index in [2.05, 4.69) is 39.1 Å². The summed E-state index contributed by atoms with van der Waals surface area (Å²) in [5, 5.41) is 6.46. The number of guanidine groups is 1. The van der Waals surface area contributed by atoms with Gasteiger partial charge in [0.1, 0.15) is 11.5 Å². The predicted octanol–water partition coefficient (Wildman–Crippen LogP) is 3.47. The van der Waals surface area contributed by atoms with Gasteiger partial charge in [0.25, 0.3) is 0 Å².